The van der Waals surface area contributed by atoms with Gasteiger partial charge in [-0.15, -0.1) is 0 Å². The first-order valence-corrected chi connectivity index (χ1v) is 7.06. The van der Waals surface area contributed by atoms with Gasteiger partial charge in [0.2, 0.25) is 0 Å². The number of rotatable bonds is 3. The topological polar surface area (TPSA) is 81.5 Å². The zero-order valence-corrected chi connectivity index (χ0v) is 12.6. The lowest BCUT2D eigenvalue weighted by molar-refractivity contribution is -0.384. The number of benzene rings is 1. The Morgan fingerprint density at radius 2 is 2.24 bits per heavy atom. The van der Waals surface area contributed by atoms with E-state index in [2.05, 4.69) is 5.32 Å². The van der Waals surface area contributed by atoms with Gasteiger partial charge in [-0.25, -0.2) is 0 Å². The number of nitrogens with zero attached hydrogens (tertiary/aromatic N) is 1. The smallest absolute Gasteiger partial charge is 0.288 e. The molecule has 1 aromatic carbocycles. The van der Waals surface area contributed by atoms with Crippen LogP contribution < -0.4 is 5.32 Å². The minimum Gasteiger partial charge on any atom is -0.375 e. The molecule has 1 aliphatic heterocycles. The molecule has 6 nitrogen and oxygen atoms in total. The first-order valence-electron chi connectivity index (χ1n) is 6.68. The Morgan fingerprint density at radius 3 is 2.86 bits per heavy atom. The number of nitrogens with one attached hydrogen (secondary N) is 1. The van der Waals surface area contributed by atoms with Gasteiger partial charge < -0.3 is 10.1 Å². The molecule has 1 saturated heterocycles. The summed E-state index contributed by atoms with van der Waals surface area (Å²) in [5, 5.41) is 13.6. The van der Waals surface area contributed by atoms with Gasteiger partial charge in [0.15, 0.2) is 0 Å². The highest BCUT2D eigenvalue weighted by Crippen LogP contribution is 2.29. The zero-order chi connectivity index (χ0) is 15.6. The quantitative estimate of drug-likeness (QED) is 0.687. The van der Waals surface area contributed by atoms with Crippen LogP contribution in [-0.4, -0.2) is 29.1 Å². The molecule has 1 heterocycles. The third-order valence-electron chi connectivity index (χ3n) is 3.45. The van der Waals surface area contributed by atoms with E-state index >= 15 is 0 Å². The molecule has 114 valence electrons. The van der Waals surface area contributed by atoms with Crippen molar-refractivity contribution in [3.8, 4) is 0 Å². The Kier molecular flexibility index (Phi) is 4.49. The molecular weight excluding hydrogens is 296 g/mol. The number of nitro groups is 1. The Balaban J connectivity index is 2.14. The first-order chi connectivity index (χ1) is 9.80. The third kappa shape index (κ3) is 3.71. The summed E-state index contributed by atoms with van der Waals surface area (Å²) in [7, 11) is 0. The van der Waals surface area contributed by atoms with E-state index in [0.29, 0.717) is 19.4 Å². The average molecular weight is 313 g/mol. The standard InChI is InChI=1S/C14H17ClN2O4/c1-14(2)8-9(6-7-21-14)16-13(18)10-4-3-5-11(12(10)15)17(19)20/h3-5,9H,6-8H2,1-2H3,(H,16,18). The number of amides is 1. The lowest BCUT2D eigenvalue weighted by atomic mass is 9.94. The van der Waals surface area contributed by atoms with Crippen molar-refractivity contribution in [2.45, 2.75) is 38.3 Å². The van der Waals surface area contributed by atoms with Gasteiger partial charge in [0, 0.05) is 18.7 Å². The Labute approximate surface area is 127 Å². The largest absolute Gasteiger partial charge is 0.375 e. The van der Waals surface area contributed by atoms with Crippen LogP contribution in [0.15, 0.2) is 18.2 Å². The fourth-order valence-electron chi connectivity index (χ4n) is 2.45. The second-order valence-electron chi connectivity index (χ2n) is 5.67. The number of carbonyl (C=O) groups is 1. The Morgan fingerprint density at radius 1 is 1.52 bits per heavy atom. The molecule has 1 N–H and O–H groups in total. The molecule has 0 radical (unpaired) electrons. The van der Waals surface area contributed by atoms with Gasteiger partial charge in [0.1, 0.15) is 5.02 Å². The molecule has 0 saturated carbocycles. The van der Waals surface area contributed by atoms with Crippen LogP contribution in [0.3, 0.4) is 0 Å². The maximum absolute atomic E-state index is 12.3. The van der Waals surface area contributed by atoms with Crippen molar-refractivity contribution in [2.75, 3.05) is 6.61 Å². The minimum absolute atomic E-state index is 0.0309. The number of nitro benzene ring substituents is 1. The first kappa shape index (κ1) is 15.7. The molecule has 1 aliphatic rings. The number of ether oxygens (including phenoxy) is 1. The van der Waals surface area contributed by atoms with Gasteiger partial charge in [-0.1, -0.05) is 17.7 Å². The van der Waals surface area contributed by atoms with E-state index in [1.165, 1.54) is 18.2 Å². The van der Waals surface area contributed by atoms with Gasteiger partial charge in [-0.3, -0.25) is 14.9 Å². The fraction of sp³-hybridized carbons (Fsp3) is 0.500. The van der Waals surface area contributed by atoms with E-state index in [9.17, 15) is 14.9 Å². The molecular formula is C14H17ClN2O4. The van der Waals surface area contributed by atoms with E-state index in [1.54, 1.807) is 0 Å². The van der Waals surface area contributed by atoms with Crippen LogP contribution in [0.5, 0.6) is 0 Å². The molecule has 0 bridgehead atoms. The molecule has 7 heteroatoms. The lowest BCUT2D eigenvalue weighted by Gasteiger charge is -2.35. The molecule has 1 aromatic rings. The summed E-state index contributed by atoms with van der Waals surface area (Å²) >= 11 is 5.95. The predicted octanol–water partition coefficient (Wildman–Crippen LogP) is 2.94. The molecule has 21 heavy (non-hydrogen) atoms. The van der Waals surface area contributed by atoms with Crippen molar-refractivity contribution >= 4 is 23.2 Å². The number of hydrogen-bond donors (Lipinski definition) is 1. The Bertz CT molecular complexity index is 574. The second-order valence-corrected chi connectivity index (χ2v) is 6.05. The van der Waals surface area contributed by atoms with Gasteiger partial charge >= 0.3 is 0 Å². The normalized spacial score (nSPS) is 20.8. The summed E-state index contributed by atoms with van der Waals surface area (Å²) in [5.74, 6) is -0.397. The molecule has 0 spiro atoms. The molecule has 0 aromatic heterocycles. The zero-order valence-electron chi connectivity index (χ0n) is 11.9. The minimum atomic E-state index is -0.601. The average Bonchev–Trinajstić information content (AvgIpc) is 2.37. The summed E-state index contributed by atoms with van der Waals surface area (Å²) in [6, 6.07) is 4.18. The van der Waals surface area contributed by atoms with Crippen LogP contribution in [0, 0.1) is 10.1 Å². The van der Waals surface area contributed by atoms with Crippen molar-refractivity contribution in [2.24, 2.45) is 0 Å². The molecule has 1 fully saturated rings. The summed E-state index contributed by atoms with van der Waals surface area (Å²) in [4.78, 5) is 22.5. The van der Waals surface area contributed by atoms with E-state index in [-0.39, 0.29) is 27.9 Å². The van der Waals surface area contributed by atoms with Crippen LogP contribution in [0.2, 0.25) is 5.02 Å². The molecule has 1 atom stereocenters. The van der Waals surface area contributed by atoms with Crippen LogP contribution >= 0.6 is 11.6 Å². The fourth-order valence-corrected chi connectivity index (χ4v) is 2.74. The van der Waals surface area contributed by atoms with Gasteiger partial charge in [0.05, 0.1) is 16.1 Å². The highest BCUT2D eigenvalue weighted by molar-refractivity contribution is 6.35. The molecule has 1 unspecified atom stereocenters. The predicted molar refractivity (Wildman–Crippen MR) is 78.6 cm³/mol. The van der Waals surface area contributed by atoms with Gasteiger partial charge in [0.25, 0.3) is 11.6 Å². The van der Waals surface area contributed by atoms with Crippen LogP contribution in [0.4, 0.5) is 5.69 Å². The second kappa shape index (κ2) is 5.99. The van der Waals surface area contributed by atoms with E-state index in [0.717, 1.165) is 0 Å². The maximum Gasteiger partial charge on any atom is 0.288 e. The van der Waals surface area contributed by atoms with Crippen LogP contribution in [-0.2, 0) is 4.74 Å². The van der Waals surface area contributed by atoms with Crippen molar-refractivity contribution in [1.82, 2.24) is 5.32 Å². The van der Waals surface area contributed by atoms with Gasteiger partial charge in [-0.05, 0) is 32.8 Å². The lowest BCUT2D eigenvalue weighted by Crippen LogP contribution is -2.45. The summed E-state index contributed by atoms with van der Waals surface area (Å²) in [6.45, 7) is 4.50. The molecule has 1 amide bonds. The summed E-state index contributed by atoms with van der Waals surface area (Å²) in [6.07, 6.45) is 1.40. The van der Waals surface area contributed by atoms with Crippen molar-refractivity contribution in [1.29, 1.82) is 0 Å². The number of hydrogen-bond acceptors (Lipinski definition) is 4. The molecule has 2 rings (SSSR count). The molecule has 0 aliphatic carbocycles. The van der Waals surface area contributed by atoms with E-state index in [4.69, 9.17) is 16.3 Å². The van der Waals surface area contributed by atoms with Crippen molar-refractivity contribution < 1.29 is 14.5 Å². The van der Waals surface area contributed by atoms with Crippen LogP contribution in [0.1, 0.15) is 37.0 Å². The van der Waals surface area contributed by atoms with Crippen LogP contribution in [0.25, 0.3) is 0 Å². The Hall–Kier alpha value is -1.66. The summed E-state index contributed by atoms with van der Waals surface area (Å²) < 4.78 is 5.59. The number of carbonyl (C=O) groups excluding carboxylic acids is 1. The van der Waals surface area contributed by atoms with Gasteiger partial charge in [-0.2, -0.15) is 0 Å². The van der Waals surface area contributed by atoms with Crippen molar-refractivity contribution in [3.63, 3.8) is 0 Å². The summed E-state index contributed by atoms with van der Waals surface area (Å²) in [5.41, 5.74) is -0.436. The van der Waals surface area contributed by atoms with E-state index < -0.39 is 10.8 Å². The highest BCUT2D eigenvalue weighted by Gasteiger charge is 2.30. The third-order valence-corrected chi connectivity index (χ3v) is 3.85. The highest BCUT2D eigenvalue weighted by atomic mass is 35.5. The van der Waals surface area contributed by atoms with E-state index in [1.807, 2.05) is 13.8 Å². The maximum atomic E-state index is 12.3. The SMILES string of the molecule is CC1(C)CC(NC(=O)c2cccc([N+](=O)[O-])c2Cl)CCO1. The van der Waals surface area contributed by atoms with Crippen molar-refractivity contribution in [3.05, 3.63) is 38.9 Å². The monoisotopic (exact) mass is 312 g/mol. The number of halogens is 1.